The molecule has 16 heavy (non-hydrogen) atoms. The van der Waals surface area contributed by atoms with Crippen molar-refractivity contribution in [2.45, 2.75) is 6.92 Å². The van der Waals surface area contributed by atoms with Crippen LogP contribution in [0.3, 0.4) is 0 Å². The minimum absolute atomic E-state index is 0.738. The maximum Gasteiger partial charge on any atom is 0.0315 e. The molecule has 0 atom stereocenters. The van der Waals surface area contributed by atoms with Crippen LogP contribution in [-0.4, -0.2) is 0 Å². The first-order valence-electron chi connectivity index (χ1n) is 4.92. The van der Waals surface area contributed by atoms with Gasteiger partial charge in [-0.3, -0.25) is 0 Å². The molecule has 86 valence electrons. The van der Waals surface area contributed by atoms with Crippen LogP contribution in [0.4, 0.5) is 11.4 Å². The number of hydrogen-bond donors (Lipinski definition) is 3. The summed E-state index contributed by atoms with van der Waals surface area (Å²) in [4.78, 5) is 0. The SMILES string of the molecule is C=C/C=C(N)\C=C/C.Nc1ccc(N)cc1. The molecular weight excluding hydrogens is 198 g/mol. The van der Waals surface area contributed by atoms with Gasteiger partial charge in [0, 0.05) is 17.1 Å². The molecule has 3 nitrogen and oxygen atoms in total. The van der Waals surface area contributed by atoms with E-state index >= 15 is 0 Å². The van der Waals surface area contributed by atoms with Crippen molar-refractivity contribution in [3.63, 3.8) is 0 Å². The van der Waals surface area contributed by atoms with Crippen molar-refractivity contribution in [1.82, 2.24) is 0 Å². The van der Waals surface area contributed by atoms with Crippen molar-refractivity contribution < 1.29 is 0 Å². The molecule has 0 spiro atoms. The van der Waals surface area contributed by atoms with Gasteiger partial charge in [0.15, 0.2) is 0 Å². The third-order valence-electron chi connectivity index (χ3n) is 1.61. The zero-order chi connectivity index (χ0) is 12.4. The predicted molar refractivity (Wildman–Crippen MR) is 72.5 cm³/mol. The Bertz CT molecular complexity index is 340. The number of allylic oxidation sites excluding steroid dienone is 4. The van der Waals surface area contributed by atoms with E-state index in [9.17, 15) is 0 Å². The number of hydrogen-bond acceptors (Lipinski definition) is 3. The Morgan fingerprint density at radius 3 is 1.88 bits per heavy atom. The molecule has 6 N–H and O–H groups in total. The number of anilines is 2. The van der Waals surface area contributed by atoms with Crippen LogP contribution in [0, 0.1) is 0 Å². The van der Waals surface area contributed by atoms with Crippen LogP contribution in [0.5, 0.6) is 0 Å². The van der Waals surface area contributed by atoms with E-state index in [0.29, 0.717) is 0 Å². The van der Waals surface area contributed by atoms with Crippen LogP contribution in [0.15, 0.2) is 60.8 Å². The van der Waals surface area contributed by atoms with Gasteiger partial charge in [-0.05, 0) is 43.3 Å². The van der Waals surface area contributed by atoms with E-state index < -0.39 is 0 Å². The molecule has 0 heterocycles. The summed E-state index contributed by atoms with van der Waals surface area (Å²) < 4.78 is 0. The standard InChI is InChI=1S/C7H11N.C6H8N2/c1-3-5-7(8)6-4-2;7-5-1-2-6(8)4-3-5/h3-6H,1,8H2,2H3;1-4H,7-8H2/b6-4-,7-5+;. The van der Waals surface area contributed by atoms with Crippen LogP contribution in [0.2, 0.25) is 0 Å². The third kappa shape index (κ3) is 7.26. The zero-order valence-corrected chi connectivity index (χ0v) is 9.56. The van der Waals surface area contributed by atoms with Gasteiger partial charge >= 0.3 is 0 Å². The van der Waals surface area contributed by atoms with Gasteiger partial charge in [-0.2, -0.15) is 0 Å². The highest BCUT2D eigenvalue weighted by molar-refractivity contribution is 5.47. The molecule has 0 saturated carbocycles. The zero-order valence-electron chi connectivity index (χ0n) is 9.56. The summed E-state index contributed by atoms with van der Waals surface area (Å²) >= 11 is 0. The van der Waals surface area contributed by atoms with Crippen LogP contribution in [0.1, 0.15) is 6.92 Å². The molecule has 3 heteroatoms. The number of nitrogens with two attached hydrogens (primary N) is 3. The average molecular weight is 217 g/mol. The monoisotopic (exact) mass is 217 g/mol. The molecule has 0 aromatic heterocycles. The highest BCUT2D eigenvalue weighted by Gasteiger charge is 1.80. The normalized spacial score (nSPS) is 10.7. The summed E-state index contributed by atoms with van der Waals surface area (Å²) in [6.07, 6.45) is 7.12. The van der Waals surface area contributed by atoms with E-state index in [1.54, 1.807) is 36.4 Å². The molecule has 0 amide bonds. The highest BCUT2D eigenvalue weighted by atomic mass is 14.6. The lowest BCUT2D eigenvalue weighted by atomic mass is 10.3. The van der Waals surface area contributed by atoms with Crippen molar-refractivity contribution in [3.8, 4) is 0 Å². The van der Waals surface area contributed by atoms with Crippen molar-refractivity contribution >= 4 is 11.4 Å². The summed E-state index contributed by atoms with van der Waals surface area (Å²) in [6.45, 7) is 5.41. The van der Waals surface area contributed by atoms with Crippen LogP contribution < -0.4 is 17.2 Å². The van der Waals surface area contributed by atoms with Gasteiger partial charge < -0.3 is 17.2 Å². The van der Waals surface area contributed by atoms with Crippen LogP contribution >= 0.6 is 0 Å². The average Bonchev–Trinajstić information content (AvgIpc) is 2.24. The maximum atomic E-state index is 5.40. The van der Waals surface area contributed by atoms with E-state index in [4.69, 9.17) is 17.2 Å². The lowest BCUT2D eigenvalue weighted by Crippen LogP contribution is -1.90. The lowest BCUT2D eigenvalue weighted by Gasteiger charge is -1.90. The lowest BCUT2D eigenvalue weighted by molar-refractivity contribution is 1.42. The predicted octanol–water partition coefficient (Wildman–Crippen LogP) is 2.44. The van der Waals surface area contributed by atoms with Crippen molar-refractivity contribution in [2.75, 3.05) is 11.5 Å². The molecule has 0 aliphatic rings. The van der Waals surface area contributed by atoms with Gasteiger partial charge in [-0.25, -0.2) is 0 Å². The van der Waals surface area contributed by atoms with Gasteiger partial charge in [0.05, 0.1) is 0 Å². The first kappa shape index (κ1) is 13.8. The highest BCUT2D eigenvalue weighted by Crippen LogP contribution is 2.04. The van der Waals surface area contributed by atoms with Crippen LogP contribution in [0.25, 0.3) is 0 Å². The summed E-state index contributed by atoms with van der Waals surface area (Å²) in [6, 6.07) is 7.09. The first-order chi connectivity index (χ1) is 7.60. The molecule has 0 radical (unpaired) electrons. The Morgan fingerprint density at radius 2 is 1.56 bits per heavy atom. The van der Waals surface area contributed by atoms with E-state index in [1.807, 2.05) is 19.1 Å². The van der Waals surface area contributed by atoms with Gasteiger partial charge in [0.2, 0.25) is 0 Å². The molecule has 0 aliphatic heterocycles. The second-order valence-electron chi connectivity index (χ2n) is 3.07. The fourth-order valence-electron chi connectivity index (χ4n) is 0.880. The minimum atomic E-state index is 0.738. The molecule has 0 fully saturated rings. The summed E-state index contributed by atoms with van der Waals surface area (Å²) in [5, 5.41) is 0. The Morgan fingerprint density at radius 1 is 1.12 bits per heavy atom. The van der Waals surface area contributed by atoms with Crippen LogP contribution in [-0.2, 0) is 0 Å². The van der Waals surface area contributed by atoms with Gasteiger partial charge in [-0.1, -0.05) is 18.7 Å². The Labute approximate surface area is 96.9 Å². The van der Waals surface area contributed by atoms with Crippen molar-refractivity contribution in [2.24, 2.45) is 5.73 Å². The summed E-state index contributed by atoms with van der Waals surface area (Å²) in [5.41, 5.74) is 18.4. The van der Waals surface area contributed by atoms with Gasteiger partial charge in [0.1, 0.15) is 0 Å². The minimum Gasteiger partial charge on any atom is -0.399 e. The fourth-order valence-corrected chi connectivity index (χ4v) is 0.880. The summed E-state index contributed by atoms with van der Waals surface area (Å²) in [7, 11) is 0. The molecule has 0 aliphatic carbocycles. The largest absolute Gasteiger partial charge is 0.399 e. The third-order valence-corrected chi connectivity index (χ3v) is 1.61. The first-order valence-corrected chi connectivity index (χ1v) is 4.92. The maximum absolute atomic E-state index is 5.40. The second kappa shape index (κ2) is 8.17. The molecule has 1 rings (SSSR count). The fraction of sp³-hybridized carbons (Fsp3) is 0.0769. The number of nitrogen functional groups attached to an aromatic ring is 2. The van der Waals surface area contributed by atoms with E-state index in [0.717, 1.165) is 17.1 Å². The second-order valence-corrected chi connectivity index (χ2v) is 3.07. The molecule has 0 saturated heterocycles. The summed E-state index contributed by atoms with van der Waals surface area (Å²) in [5.74, 6) is 0. The molecular formula is C13H19N3. The number of rotatable bonds is 2. The Balaban J connectivity index is 0.000000281. The van der Waals surface area contributed by atoms with E-state index in [2.05, 4.69) is 6.58 Å². The quantitative estimate of drug-likeness (QED) is 0.526. The Kier molecular flexibility index (Phi) is 7.07. The van der Waals surface area contributed by atoms with E-state index in [1.165, 1.54) is 0 Å². The topological polar surface area (TPSA) is 78.1 Å². The molecule has 1 aromatic carbocycles. The molecule has 1 aromatic rings. The smallest absolute Gasteiger partial charge is 0.0315 e. The van der Waals surface area contributed by atoms with E-state index in [-0.39, 0.29) is 0 Å². The number of benzene rings is 1. The van der Waals surface area contributed by atoms with Crippen molar-refractivity contribution in [3.05, 3.63) is 60.8 Å². The van der Waals surface area contributed by atoms with Crippen molar-refractivity contribution in [1.29, 1.82) is 0 Å². The van der Waals surface area contributed by atoms with Gasteiger partial charge in [0.25, 0.3) is 0 Å². The Hall–Kier alpha value is -2.16. The molecule has 0 bridgehead atoms. The van der Waals surface area contributed by atoms with Gasteiger partial charge in [-0.15, -0.1) is 0 Å². The molecule has 0 unspecified atom stereocenters.